The van der Waals surface area contributed by atoms with Gasteiger partial charge in [-0.25, -0.2) is 0 Å². The molecule has 5 rings (SSSR count). The van der Waals surface area contributed by atoms with Gasteiger partial charge in [0.15, 0.2) is 0 Å². The number of rotatable bonds is 8. The molecule has 0 unspecified atom stereocenters. The summed E-state index contributed by atoms with van der Waals surface area (Å²) in [6.45, 7) is 6.16. The zero-order valence-electron chi connectivity index (χ0n) is 21.4. The average Bonchev–Trinajstić information content (AvgIpc) is 3.63. The van der Waals surface area contributed by atoms with Crippen LogP contribution in [0.25, 0.3) is 49.3 Å². The van der Waals surface area contributed by atoms with Crippen LogP contribution in [0.15, 0.2) is 73.4 Å². The van der Waals surface area contributed by atoms with Crippen LogP contribution in [0.4, 0.5) is 0 Å². The summed E-state index contributed by atoms with van der Waals surface area (Å²) < 4.78 is 0. The Balaban J connectivity index is 1.52. The first-order chi connectivity index (χ1) is 18.4. The van der Waals surface area contributed by atoms with Gasteiger partial charge in [0.1, 0.15) is 5.69 Å². The van der Waals surface area contributed by atoms with Crippen molar-refractivity contribution in [3.63, 3.8) is 0 Å². The molecule has 192 valence electrons. The van der Waals surface area contributed by atoms with Crippen molar-refractivity contribution in [2.75, 3.05) is 20.6 Å². The van der Waals surface area contributed by atoms with Crippen LogP contribution in [0.3, 0.4) is 0 Å². The van der Waals surface area contributed by atoms with Crippen molar-refractivity contribution < 1.29 is 4.79 Å². The van der Waals surface area contributed by atoms with Gasteiger partial charge in [-0.05, 0) is 63.5 Å². The summed E-state index contributed by atoms with van der Waals surface area (Å²) in [5.74, 6) is -0.150. The molecule has 0 aliphatic carbocycles. The predicted octanol–water partition coefficient (Wildman–Crippen LogP) is 4.59. The lowest BCUT2D eigenvalue weighted by molar-refractivity contribution is -0.120. The standard InChI is InChI=1S/C28H28N8OS/c1-5-18(32-26(37)15-36(3)4)10-17(13-29)22-11-20-24(14-31-22)34-35-27(20)23-12-19-21(33-23)8-9-30-28(19)25-7-6-16(2)38-25/h5-14,33H,1,15,29H2,2-4H3,(H,32,37)(H,34,35)/b17-13+,18-10+. The molecule has 0 aliphatic rings. The van der Waals surface area contributed by atoms with Crippen LogP contribution in [0.5, 0.6) is 0 Å². The number of likely N-dealkylation sites (N-methyl/N-ethyl adjacent to an activating group) is 1. The lowest BCUT2D eigenvalue weighted by Gasteiger charge is -2.11. The summed E-state index contributed by atoms with van der Waals surface area (Å²) in [6.07, 6.45) is 8.32. The second kappa shape index (κ2) is 10.4. The van der Waals surface area contributed by atoms with Crippen LogP contribution in [-0.4, -0.2) is 56.6 Å². The van der Waals surface area contributed by atoms with E-state index < -0.39 is 0 Å². The number of carbonyl (C=O) groups excluding carboxylic acids is 1. The number of aromatic amines is 2. The third-order valence-electron chi connectivity index (χ3n) is 5.97. The molecular formula is C28H28N8OS. The first-order valence-corrected chi connectivity index (χ1v) is 12.8. The van der Waals surface area contributed by atoms with E-state index in [-0.39, 0.29) is 12.5 Å². The number of hydrogen-bond acceptors (Lipinski definition) is 7. The molecule has 38 heavy (non-hydrogen) atoms. The van der Waals surface area contributed by atoms with Gasteiger partial charge in [0.05, 0.1) is 40.2 Å². The highest BCUT2D eigenvalue weighted by Crippen LogP contribution is 2.35. The molecule has 0 spiro atoms. The van der Waals surface area contributed by atoms with Crippen molar-refractivity contribution in [1.29, 1.82) is 0 Å². The van der Waals surface area contributed by atoms with Crippen molar-refractivity contribution in [2.24, 2.45) is 5.73 Å². The zero-order valence-corrected chi connectivity index (χ0v) is 22.2. The molecule has 0 radical (unpaired) electrons. The molecule has 0 fully saturated rings. The Morgan fingerprint density at radius 1 is 1.16 bits per heavy atom. The second-order valence-electron chi connectivity index (χ2n) is 9.11. The number of hydrogen-bond donors (Lipinski definition) is 4. The number of nitrogens with two attached hydrogens (primary N) is 1. The number of thiophene rings is 1. The Morgan fingerprint density at radius 2 is 1.97 bits per heavy atom. The summed E-state index contributed by atoms with van der Waals surface area (Å²) in [4.78, 5) is 29.1. The fraction of sp³-hybridized carbons (Fsp3) is 0.143. The van der Waals surface area contributed by atoms with Gasteiger partial charge in [0.2, 0.25) is 5.91 Å². The summed E-state index contributed by atoms with van der Waals surface area (Å²) in [5.41, 5.74) is 12.1. The molecule has 0 aliphatic heterocycles. The van der Waals surface area contributed by atoms with Gasteiger partial charge in [-0.1, -0.05) is 6.58 Å². The molecule has 5 N–H and O–H groups in total. The number of nitrogens with one attached hydrogen (secondary N) is 3. The molecule has 0 saturated carbocycles. The van der Waals surface area contributed by atoms with Crippen molar-refractivity contribution >= 4 is 44.6 Å². The highest BCUT2D eigenvalue weighted by atomic mass is 32.1. The second-order valence-corrected chi connectivity index (χ2v) is 10.4. The minimum absolute atomic E-state index is 0.150. The minimum Gasteiger partial charge on any atom is -0.404 e. The van der Waals surface area contributed by atoms with Crippen molar-refractivity contribution in [1.82, 2.24) is 35.4 Å². The smallest absolute Gasteiger partial charge is 0.238 e. The third-order valence-corrected chi connectivity index (χ3v) is 6.98. The van der Waals surface area contributed by atoms with Crippen molar-refractivity contribution in [3.05, 3.63) is 83.9 Å². The summed E-state index contributed by atoms with van der Waals surface area (Å²) in [7, 11) is 3.66. The largest absolute Gasteiger partial charge is 0.404 e. The van der Waals surface area contributed by atoms with E-state index in [2.05, 4.69) is 62.2 Å². The lowest BCUT2D eigenvalue weighted by atomic mass is 10.1. The number of nitrogens with zero attached hydrogens (tertiary/aromatic N) is 4. The normalized spacial score (nSPS) is 12.5. The fourth-order valence-corrected chi connectivity index (χ4v) is 5.11. The molecular weight excluding hydrogens is 496 g/mol. The zero-order chi connectivity index (χ0) is 26.8. The van der Waals surface area contributed by atoms with Gasteiger partial charge in [0.25, 0.3) is 0 Å². The summed E-state index contributed by atoms with van der Waals surface area (Å²) in [5, 5.41) is 12.4. The van der Waals surface area contributed by atoms with Gasteiger partial charge in [-0.15, -0.1) is 11.3 Å². The van der Waals surface area contributed by atoms with Gasteiger partial charge in [0, 0.05) is 44.8 Å². The minimum atomic E-state index is -0.150. The Bertz CT molecular complexity index is 1720. The molecule has 5 heterocycles. The molecule has 5 aromatic heterocycles. The molecule has 0 aromatic carbocycles. The number of H-pyrrole nitrogens is 2. The molecule has 0 saturated heterocycles. The van der Waals surface area contributed by atoms with Gasteiger partial charge < -0.3 is 20.9 Å². The number of aromatic nitrogens is 5. The highest BCUT2D eigenvalue weighted by molar-refractivity contribution is 7.15. The summed E-state index contributed by atoms with van der Waals surface area (Å²) >= 11 is 1.72. The maximum atomic E-state index is 12.2. The topological polar surface area (TPSA) is 129 Å². The van der Waals surface area contributed by atoms with E-state index in [1.54, 1.807) is 34.6 Å². The Labute approximate surface area is 223 Å². The predicted molar refractivity (Wildman–Crippen MR) is 154 cm³/mol. The Hall–Kier alpha value is -4.54. The fourth-order valence-electron chi connectivity index (χ4n) is 4.23. The Morgan fingerprint density at radius 3 is 2.68 bits per heavy atom. The van der Waals surface area contributed by atoms with Crippen LogP contribution >= 0.6 is 11.3 Å². The molecule has 10 heteroatoms. The van der Waals surface area contributed by atoms with E-state index in [1.807, 2.05) is 32.4 Å². The first kappa shape index (κ1) is 25.1. The number of pyridine rings is 2. The van der Waals surface area contributed by atoms with E-state index in [1.165, 1.54) is 11.1 Å². The van der Waals surface area contributed by atoms with Crippen molar-refractivity contribution in [2.45, 2.75) is 6.92 Å². The maximum absolute atomic E-state index is 12.2. The number of aryl methyl sites for hydroxylation is 1. The number of allylic oxidation sites excluding steroid dienone is 3. The molecule has 1 amide bonds. The first-order valence-electron chi connectivity index (χ1n) is 12.0. The molecule has 0 atom stereocenters. The summed E-state index contributed by atoms with van der Waals surface area (Å²) in [6, 6.07) is 10.2. The Kier molecular flexibility index (Phi) is 6.91. The number of amides is 1. The van der Waals surface area contributed by atoms with Crippen LogP contribution in [0.2, 0.25) is 0 Å². The van der Waals surface area contributed by atoms with Crippen LogP contribution < -0.4 is 11.1 Å². The van der Waals surface area contributed by atoms with E-state index >= 15 is 0 Å². The number of carbonyl (C=O) groups is 1. The number of fused-ring (bicyclic) bond motifs is 2. The average molecular weight is 525 g/mol. The van der Waals surface area contributed by atoms with Gasteiger partial charge >= 0.3 is 0 Å². The van der Waals surface area contributed by atoms with E-state index in [0.717, 1.165) is 43.8 Å². The van der Waals surface area contributed by atoms with E-state index in [4.69, 9.17) is 5.73 Å². The quantitative estimate of drug-likeness (QED) is 0.220. The SMILES string of the molecule is C=C/C(=C\C(=C/N)c1cc2c(-c3cc4c(-c5ccc(C)s5)nccc4[nH]3)n[nH]c2cn1)NC(=O)CN(C)C. The monoisotopic (exact) mass is 524 g/mol. The van der Waals surface area contributed by atoms with Crippen LogP contribution in [0, 0.1) is 6.92 Å². The lowest BCUT2D eigenvalue weighted by Crippen LogP contribution is -2.32. The molecule has 9 nitrogen and oxygen atoms in total. The van der Waals surface area contributed by atoms with Gasteiger partial charge in [-0.3, -0.25) is 19.9 Å². The maximum Gasteiger partial charge on any atom is 0.238 e. The van der Waals surface area contributed by atoms with E-state index in [9.17, 15) is 4.79 Å². The third kappa shape index (κ3) is 4.99. The van der Waals surface area contributed by atoms with Crippen LogP contribution in [-0.2, 0) is 4.79 Å². The molecule has 5 aromatic rings. The molecule has 0 bridgehead atoms. The highest BCUT2D eigenvalue weighted by Gasteiger charge is 2.16. The van der Waals surface area contributed by atoms with Crippen LogP contribution in [0.1, 0.15) is 10.6 Å². The van der Waals surface area contributed by atoms with Gasteiger partial charge in [-0.2, -0.15) is 5.10 Å². The van der Waals surface area contributed by atoms with E-state index in [0.29, 0.717) is 17.0 Å². The van der Waals surface area contributed by atoms with Crippen molar-refractivity contribution in [3.8, 4) is 22.0 Å².